The van der Waals surface area contributed by atoms with Crippen molar-refractivity contribution in [2.75, 3.05) is 6.54 Å². The maximum Gasteiger partial charge on any atom is 0.240 e. The maximum atomic E-state index is 12.6. The summed E-state index contributed by atoms with van der Waals surface area (Å²) in [6, 6.07) is 0.125. The summed E-state index contributed by atoms with van der Waals surface area (Å²) in [5, 5.41) is 0. The molecule has 0 radical (unpaired) electrons. The third kappa shape index (κ3) is 3.95. The van der Waals surface area contributed by atoms with Crippen LogP contribution in [-0.4, -0.2) is 29.4 Å². The summed E-state index contributed by atoms with van der Waals surface area (Å²) in [5.74, 6) is 0.894. The maximum absolute atomic E-state index is 12.6. The molecule has 0 aromatic carbocycles. The summed E-state index contributed by atoms with van der Waals surface area (Å²) in [5.41, 5.74) is 6.03. The highest BCUT2D eigenvalue weighted by molar-refractivity contribution is 5.83. The molecular formula is C16H30N2O. The zero-order valence-electron chi connectivity index (χ0n) is 12.8. The van der Waals surface area contributed by atoms with E-state index in [1.54, 1.807) is 0 Å². The second-order valence-corrected chi connectivity index (χ2v) is 7.57. The largest absolute Gasteiger partial charge is 0.338 e. The molecule has 110 valence electrons. The monoisotopic (exact) mass is 266 g/mol. The molecule has 0 aromatic heterocycles. The van der Waals surface area contributed by atoms with Gasteiger partial charge < -0.3 is 10.6 Å². The zero-order chi connectivity index (χ0) is 14.0. The van der Waals surface area contributed by atoms with Gasteiger partial charge in [0.15, 0.2) is 0 Å². The van der Waals surface area contributed by atoms with Crippen LogP contribution in [0.4, 0.5) is 0 Å². The summed E-state index contributed by atoms with van der Waals surface area (Å²) >= 11 is 0. The van der Waals surface area contributed by atoms with Crippen molar-refractivity contribution in [1.82, 2.24) is 4.90 Å². The molecule has 0 unspecified atom stereocenters. The molecule has 0 saturated heterocycles. The summed E-state index contributed by atoms with van der Waals surface area (Å²) in [6.45, 7) is 7.12. The molecule has 2 saturated carbocycles. The number of carbonyl (C=O) groups excluding carboxylic acids is 1. The van der Waals surface area contributed by atoms with Crippen molar-refractivity contribution in [1.29, 1.82) is 0 Å². The molecule has 1 atom stereocenters. The third-order valence-electron chi connectivity index (χ3n) is 4.65. The second kappa shape index (κ2) is 5.82. The van der Waals surface area contributed by atoms with E-state index < -0.39 is 0 Å². The minimum absolute atomic E-state index is 0.142. The molecule has 0 aromatic rings. The fraction of sp³-hybridized carbons (Fsp3) is 0.938. The number of rotatable bonds is 4. The Labute approximate surface area is 117 Å². The quantitative estimate of drug-likeness (QED) is 0.850. The van der Waals surface area contributed by atoms with Gasteiger partial charge in [0.05, 0.1) is 6.04 Å². The molecule has 1 amide bonds. The first-order valence-electron chi connectivity index (χ1n) is 7.95. The molecule has 2 N–H and O–H groups in total. The number of carbonyl (C=O) groups is 1. The summed E-state index contributed by atoms with van der Waals surface area (Å²) in [6.07, 6.45) is 8.98. The summed E-state index contributed by atoms with van der Waals surface area (Å²) in [7, 11) is 0. The number of hydrogen-bond donors (Lipinski definition) is 1. The Kier molecular flexibility index (Phi) is 4.54. The molecule has 3 heteroatoms. The highest BCUT2D eigenvalue weighted by Crippen LogP contribution is 2.33. The van der Waals surface area contributed by atoms with Crippen LogP contribution in [0.25, 0.3) is 0 Å². The van der Waals surface area contributed by atoms with Crippen molar-refractivity contribution >= 4 is 5.91 Å². The molecule has 19 heavy (non-hydrogen) atoms. The highest BCUT2D eigenvalue weighted by atomic mass is 16.2. The lowest BCUT2D eigenvalue weighted by atomic mass is 9.85. The predicted octanol–water partition coefficient (Wildman–Crippen LogP) is 2.93. The Hall–Kier alpha value is -0.570. The van der Waals surface area contributed by atoms with Gasteiger partial charge in [-0.15, -0.1) is 0 Å². The summed E-state index contributed by atoms with van der Waals surface area (Å²) in [4.78, 5) is 14.8. The summed E-state index contributed by atoms with van der Waals surface area (Å²) < 4.78 is 0. The first-order valence-corrected chi connectivity index (χ1v) is 7.95. The smallest absolute Gasteiger partial charge is 0.240 e. The lowest BCUT2D eigenvalue weighted by molar-refractivity contribution is -0.136. The Morgan fingerprint density at radius 3 is 2.21 bits per heavy atom. The van der Waals surface area contributed by atoms with Crippen LogP contribution in [0.5, 0.6) is 0 Å². The van der Waals surface area contributed by atoms with Gasteiger partial charge in [-0.05, 0) is 37.0 Å². The van der Waals surface area contributed by atoms with Crippen LogP contribution in [0, 0.1) is 11.3 Å². The normalized spacial score (nSPS) is 23.2. The molecule has 0 aliphatic heterocycles. The zero-order valence-corrected chi connectivity index (χ0v) is 12.8. The van der Waals surface area contributed by atoms with Crippen LogP contribution in [-0.2, 0) is 4.79 Å². The van der Waals surface area contributed by atoms with E-state index in [0.29, 0.717) is 12.0 Å². The van der Waals surface area contributed by atoms with E-state index in [-0.39, 0.29) is 17.4 Å². The van der Waals surface area contributed by atoms with E-state index in [2.05, 4.69) is 25.7 Å². The first-order chi connectivity index (χ1) is 8.89. The van der Waals surface area contributed by atoms with E-state index in [1.165, 1.54) is 44.9 Å². The van der Waals surface area contributed by atoms with Crippen molar-refractivity contribution in [2.24, 2.45) is 17.1 Å². The van der Waals surface area contributed by atoms with Gasteiger partial charge in [-0.2, -0.15) is 0 Å². The number of nitrogens with two attached hydrogens (primary N) is 1. The first kappa shape index (κ1) is 14.8. The van der Waals surface area contributed by atoms with Gasteiger partial charge in [0.25, 0.3) is 0 Å². The highest BCUT2D eigenvalue weighted by Gasteiger charge is 2.39. The van der Waals surface area contributed by atoms with Gasteiger partial charge in [-0.25, -0.2) is 0 Å². The second-order valence-electron chi connectivity index (χ2n) is 7.57. The van der Waals surface area contributed by atoms with Crippen LogP contribution >= 0.6 is 0 Å². The van der Waals surface area contributed by atoms with Crippen molar-refractivity contribution in [3.8, 4) is 0 Å². The molecule has 0 spiro atoms. The van der Waals surface area contributed by atoms with Gasteiger partial charge in [-0.3, -0.25) is 4.79 Å². The van der Waals surface area contributed by atoms with Gasteiger partial charge >= 0.3 is 0 Å². The SMILES string of the molecule is CC(C)(C)[C@H](N)C(=O)N(CC1CCCCC1)C1CC1. The van der Waals surface area contributed by atoms with E-state index in [1.807, 2.05) is 0 Å². The molecular weight excluding hydrogens is 236 g/mol. The van der Waals surface area contributed by atoms with Crippen LogP contribution in [0.1, 0.15) is 65.7 Å². The molecule has 2 fully saturated rings. The van der Waals surface area contributed by atoms with E-state index >= 15 is 0 Å². The standard InChI is InChI=1S/C16H30N2O/c1-16(2,3)14(17)15(19)18(13-9-10-13)11-12-7-5-4-6-8-12/h12-14H,4-11,17H2,1-3H3/t14-/m1/s1. The average Bonchev–Trinajstić information content (AvgIpc) is 3.18. The fourth-order valence-corrected chi connectivity index (χ4v) is 3.00. The van der Waals surface area contributed by atoms with Crippen molar-refractivity contribution in [3.05, 3.63) is 0 Å². The fourth-order valence-electron chi connectivity index (χ4n) is 3.00. The molecule has 2 aliphatic carbocycles. The van der Waals surface area contributed by atoms with Crippen molar-refractivity contribution in [3.63, 3.8) is 0 Å². The molecule has 0 heterocycles. The topological polar surface area (TPSA) is 46.3 Å². The molecule has 2 aliphatic rings. The lowest BCUT2D eigenvalue weighted by Crippen LogP contribution is -2.52. The van der Waals surface area contributed by atoms with E-state index in [9.17, 15) is 4.79 Å². The number of amides is 1. The third-order valence-corrected chi connectivity index (χ3v) is 4.65. The Morgan fingerprint density at radius 2 is 1.74 bits per heavy atom. The van der Waals surface area contributed by atoms with Crippen molar-refractivity contribution in [2.45, 2.75) is 77.8 Å². The van der Waals surface area contributed by atoms with Crippen LogP contribution in [0.3, 0.4) is 0 Å². The molecule has 0 bridgehead atoms. The Balaban J connectivity index is 1.97. The minimum Gasteiger partial charge on any atom is -0.338 e. The van der Waals surface area contributed by atoms with Crippen LogP contribution in [0.15, 0.2) is 0 Å². The predicted molar refractivity (Wildman–Crippen MR) is 78.7 cm³/mol. The number of nitrogens with zero attached hydrogens (tertiary/aromatic N) is 1. The van der Waals surface area contributed by atoms with Gasteiger partial charge in [0.1, 0.15) is 0 Å². The Bertz CT molecular complexity index is 311. The van der Waals surface area contributed by atoms with Gasteiger partial charge in [0, 0.05) is 12.6 Å². The van der Waals surface area contributed by atoms with E-state index in [0.717, 1.165) is 6.54 Å². The Morgan fingerprint density at radius 1 is 1.16 bits per heavy atom. The van der Waals surface area contributed by atoms with E-state index in [4.69, 9.17) is 5.73 Å². The lowest BCUT2D eigenvalue weighted by Gasteiger charge is -2.35. The minimum atomic E-state index is -0.364. The van der Waals surface area contributed by atoms with Crippen LogP contribution < -0.4 is 5.73 Å². The van der Waals surface area contributed by atoms with Gasteiger partial charge in [-0.1, -0.05) is 40.0 Å². The average molecular weight is 266 g/mol. The molecule has 2 rings (SSSR count). The van der Waals surface area contributed by atoms with Crippen LogP contribution in [0.2, 0.25) is 0 Å². The number of hydrogen-bond acceptors (Lipinski definition) is 2. The van der Waals surface area contributed by atoms with Crippen molar-refractivity contribution < 1.29 is 4.79 Å². The molecule has 3 nitrogen and oxygen atoms in total. The van der Waals surface area contributed by atoms with Gasteiger partial charge in [0.2, 0.25) is 5.91 Å².